The molecule has 3 rings (SSSR count). The summed E-state index contributed by atoms with van der Waals surface area (Å²) in [6, 6.07) is 12.1. The number of ether oxygens (including phenoxy) is 1. The number of halogens is 2. The van der Waals surface area contributed by atoms with Gasteiger partial charge < -0.3 is 15.2 Å². The van der Waals surface area contributed by atoms with E-state index in [0.29, 0.717) is 22.1 Å². The van der Waals surface area contributed by atoms with Gasteiger partial charge in [-0.25, -0.2) is 0 Å². The summed E-state index contributed by atoms with van der Waals surface area (Å²) in [7, 11) is 0. The molecule has 1 heterocycles. The highest BCUT2D eigenvalue weighted by atomic mass is 79.9. The van der Waals surface area contributed by atoms with E-state index in [1.54, 1.807) is 0 Å². The van der Waals surface area contributed by atoms with Crippen LogP contribution in [-0.2, 0) is 6.54 Å². The standard InChI is InChI=1S/C15H13Br2NO2/c16-11-5-9(6-12(17)15(11)19)7-18-13-8-20-14-4-2-1-3-10(13)14/h1-6,13,18-19H,7-8H2. The molecule has 0 saturated carbocycles. The second kappa shape index (κ2) is 5.76. The van der Waals surface area contributed by atoms with Crippen molar-refractivity contribution in [2.45, 2.75) is 12.6 Å². The van der Waals surface area contributed by atoms with Crippen LogP contribution in [0.4, 0.5) is 0 Å². The Morgan fingerprint density at radius 1 is 1.20 bits per heavy atom. The fourth-order valence-corrected chi connectivity index (χ4v) is 3.57. The Hall–Kier alpha value is -1.04. The number of phenolic OH excluding ortho intramolecular Hbond substituents is 1. The molecule has 5 heteroatoms. The molecule has 20 heavy (non-hydrogen) atoms. The van der Waals surface area contributed by atoms with Crippen molar-refractivity contribution in [3.05, 3.63) is 56.5 Å². The lowest BCUT2D eigenvalue weighted by molar-refractivity contribution is 0.310. The van der Waals surface area contributed by atoms with Gasteiger partial charge in [0.15, 0.2) is 0 Å². The number of hydrogen-bond acceptors (Lipinski definition) is 3. The van der Waals surface area contributed by atoms with E-state index >= 15 is 0 Å². The van der Waals surface area contributed by atoms with Gasteiger partial charge in [0, 0.05) is 12.1 Å². The molecule has 1 atom stereocenters. The van der Waals surface area contributed by atoms with Crippen LogP contribution in [0.5, 0.6) is 11.5 Å². The van der Waals surface area contributed by atoms with Crippen molar-refractivity contribution in [2.75, 3.05) is 6.61 Å². The summed E-state index contributed by atoms with van der Waals surface area (Å²) < 4.78 is 7.02. The minimum absolute atomic E-state index is 0.206. The molecule has 0 aliphatic carbocycles. The minimum Gasteiger partial charge on any atom is -0.506 e. The lowest BCUT2D eigenvalue weighted by Crippen LogP contribution is -2.21. The maximum Gasteiger partial charge on any atom is 0.143 e. The number of para-hydroxylation sites is 1. The average molecular weight is 399 g/mol. The molecule has 1 unspecified atom stereocenters. The quantitative estimate of drug-likeness (QED) is 0.816. The highest BCUT2D eigenvalue weighted by Gasteiger charge is 2.22. The zero-order valence-electron chi connectivity index (χ0n) is 10.6. The first-order chi connectivity index (χ1) is 9.65. The third-order valence-corrected chi connectivity index (χ3v) is 4.54. The van der Waals surface area contributed by atoms with Crippen molar-refractivity contribution in [2.24, 2.45) is 0 Å². The predicted molar refractivity (Wildman–Crippen MR) is 85.0 cm³/mol. The van der Waals surface area contributed by atoms with Crippen molar-refractivity contribution < 1.29 is 9.84 Å². The maximum absolute atomic E-state index is 9.71. The van der Waals surface area contributed by atoms with Crippen LogP contribution >= 0.6 is 31.9 Å². The maximum atomic E-state index is 9.71. The summed E-state index contributed by atoms with van der Waals surface area (Å²) in [6.45, 7) is 1.36. The van der Waals surface area contributed by atoms with Gasteiger partial charge in [-0.1, -0.05) is 18.2 Å². The summed E-state index contributed by atoms with van der Waals surface area (Å²) in [6.07, 6.45) is 0. The molecule has 0 radical (unpaired) electrons. The second-order valence-corrected chi connectivity index (χ2v) is 6.40. The number of rotatable bonds is 3. The van der Waals surface area contributed by atoms with Crippen LogP contribution in [0.3, 0.4) is 0 Å². The zero-order valence-corrected chi connectivity index (χ0v) is 13.7. The number of fused-ring (bicyclic) bond motifs is 1. The molecular weight excluding hydrogens is 386 g/mol. The van der Waals surface area contributed by atoms with Gasteiger partial charge in [0.1, 0.15) is 18.1 Å². The predicted octanol–water partition coefficient (Wildman–Crippen LogP) is 4.14. The smallest absolute Gasteiger partial charge is 0.143 e. The van der Waals surface area contributed by atoms with Crippen LogP contribution in [0.1, 0.15) is 17.2 Å². The van der Waals surface area contributed by atoms with Gasteiger partial charge >= 0.3 is 0 Å². The molecule has 0 fully saturated rings. The zero-order chi connectivity index (χ0) is 14.1. The Labute approximate surface area is 134 Å². The monoisotopic (exact) mass is 397 g/mol. The first-order valence-corrected chi connectivity index (χ1v) is 7.86. The molecule has 1 aliphatic rings. The van der Waals surface area contributed by atoms with Gasteiger partial charge in [-0.05, 0) is 55.6 Å². The third kappa shape index (κ3) is 2.71. The minimum atomic E-state index is 0.206. The molecule has 0 aromatic heterocycles. The van der Waals surface area contributed by atoms with Gasteiger partial charge in [-0.2, -0.15) is 0 Å². The van der Waals surface area contributed by atoms with Crippen LogP contribution in [0.25, 0.3) is 0 Å². The van der Waals surface area contributed by atoms with Gasteiger partial charge in [0.05, 0.1) is 15.0 Å². The molecule has 2 aromatic carbocycles. The lowest BCUT2D eigenvalue weighted by atomic mass is 10.1. The van der Waals surface area contributed by atoms with Gasteiger partial charge in [0.2, 0.25) is 0 Å². The Morgan fingerprint density at radius 2 is 1.90 bits per heavy atom. The Balaban J connectivity index is 1.72. The van der Waals surface area contributed by atoms with E-state index in [1.165, 1.54) is 5.56 Å². The van der Waals surface area contributed by atoms with Crippen LogP contribution in [0.2, 0.25) is 0 Å². The van der Waals surface area contributed by atoms with E-state index in [1.807, 2.05) is 30.3 Å². The molecule has 0 amide bonds. The van der Waals surface area contributed by atoms with E-state index in [0.717, 1.165) is 11.3 Å². The Kier molecular flexibility index (Phi) is 4.01. The lowest BCUT2D eigenvalue weighted by Gasteiger charge is -2.12. The summed E-state index contributed by atoms with van der Waals surface area (Å²) >= 11 is 6.69. The van der Waals surface area contributed by atoms with Crippen molar-refractivity contribution in [3.8, 4) is 11.5 Å². The molecule has 1 aliphatic heterocycles. The van der Waals surface area contributed by atoms with E-state index in [4.69, 9.17) is 4.74 Å². The molecule has 104 valence electrons. The van der Waals surface area contributed by atoms with Crippen LogP contribution in [0, 0.1) is 0 Å². The van der Waals surface area contributed by atoms with E-state index < -0.39 is 0 Å². The van der Waals surface area contributed by atoms with E-state index in [2.05, 4.69) is 43.2 Å². The van der Waals surface area contributed by atoms with E-state index in [9.17, 15) is 5.11 Å². The van der Waals surface area contributed by atoms with Gasteiger partial charge in [-0.3, -0.25) is 0 Å². The SMILES string of the molecule is Oc1c(Br)cc(CNC2COc3ccccc32)cc1Br. The number of hydrogen-bond donors (Lipinski definition) is 2. The number of phenols is 1. The molecule has 3 nitrogen and oxygen atoms in total. The molecule has 0 saturated heterocycles. The molecule has 2 N–H and O–H groups in total. The number of nitrogens with one attached hydrogen (secondary N) is 1. The summed E-state index contributed by atoms with van der Waals surface area (Å²) in [5.41, 5.74) is 2.29. The molecule has 2 aromatic rings. The molecule has 0 spiro atoms. The fourth-order valence-electron chi connectivity index (χ4n) is 2.29. The van der Waals surface area contributed by atoms with Crippen LogP contribution < -0.4 is 10.1 Å². The highest BCUT2D eigenvalue weighted by Crippen LogP contribution is 2.34. The van der Waals surface area contributed by atoms with Crippen LogP contribution in [-0.4, -0.2) is 11.7 Å². The molecular formula is C15H13Br2NO2. The summed E-state index contributed by atoms with van der Waals surface area (Å²) in [5, 5.41) is 13.2. The van der Waals surface area contributed by atoms with Gasteiger partial charge in [0.25, 0.3) is 0 Å². The van der Waals surface area contributed by atoms with Crippen molar-refractivity contribution >= 4 is 31.9 Å². The summed E-state index contributed by atoms with van der Waals surface area (Å²) in [4.78, 5) is 0. The summed E-state index contributed by atoms with van der Waals surface area (Å²) in [5.74, 6) is 1.18. The normalized spacial score (nSPS) is 16.8. The van der Waals surface area contributed by atoms with Crippen molar-refractivity contribution in [1.29, 1.82) is 0 Å². The second-order valence-electron chi connectivity index (χ2n) is 4.69. The highest BCUT2D eigenvalue weighted by molar-refractivity contribution is 9.11. The fraction of sp³-hybridized carbons (Fsp3) is 0.200. The first kappa shape index (κ1) is 13.9. The Bertz CT molecular complexity index is 623. The first-order valence-electron chi connectivity index (χ1n) is 6.27. The van der Waals surface area contributed by atoms with E-state index in [-0.39, 0.29) is 11.8 Å². The van der Waals surface area contributed by atoms with Crippen molar-refractivity contribution in [3.63, 3.8) is 0 Å². The largest absolute Gasteiger partial charge is 0.506 e. The van der Waals surface area contributed by atoms with Crippen molar-refractivity contribution in [1.82, 2.24) is 5.32 Å². The average Bonchev–Trinajstić information content (AvgIpc) is 2.85. The molecule has 0 bridgehead atoms. The van der Waals surface area contributed by atoms with Gasteiger partial charge in [-0.15, -0.1) is 0 Å². The topological polar surface area (TPSA) is 41.5 Å². The Morgan fingerprint density at radius 3 is 2.65 bits per heavy atom. The number of aromatic hydroxyl groups is 1. The van der Waals surface area contributed by atoms with Crippen LogP contribution in [0.15, 0.2) is 45.3 Å². The number of benzene rings is 2. The third-order valence-electron chi connectivity index (χ3n) is 3.33.